The highest BCUT2D eigenvalue weighted by Gasteiger charge is 2.18. The molecule has 3 rings (SSSR count). The number of carbonyl (C=O) groups excluding carboxylic acids is 1. The van der Waals surface area contributed by atoms with E-state index in [2.05, 4.69) is 22.2 Å². The van der Waals surface area contributed by atoms with Gasteiger partial charge in [0.2, 0.25) is 0 Å². The van der Waals surface area contributed by atoms with Crippen LogP contribution in [-0.2, 0) is 4.74 Å². The molecule has 5 nitrogen and oxygen atoms in total. The summed E-state index contributed by atoms with van der Waals surface area (Å²) in [5, 5.41) is 3.94. The van der Waals surface area contributed by atoms with E-state index >= 15 is 0 Å². The van der Waals surface area contributed by atoms with Gasteiger partial charge in [-0.3, -0.25) is 9.78 Å². The predicted molar refractivity (Wildman–Crippen MR) is 95.4 cm³/mol. The van der Waals surface area contributed by atoms with E-state index in [4.69, 9.17) is 4.74 Å². The molecule has 5 heteroatoms. The number of pyridine rings is 1. The van der Waals surface area contributed by atoms with Crippen LogP contribution in [0.15, 0.2) is 24.3 Å². The molecule has 1 aliphatic heterocycles. The zero-order valence-electron chi connectivity index (χ0n) is 14.6. The minimum absolute atomic E-state index is 0.0414. The number of aromatic nitrogens is 1. The lowest BCUT2D eigenvalue weighted by Gasteiger charge is -2.30. The standard InChI is InChI=1S/C19H25N3O2/c1-13-5-4-6-16-17(11-14(2)21-18(13)16)19(23)20-8-7-15-12-22(3)9-10-24-15/h4-6,11,15H,7-10,12H2,1-3H3,(H,20,23). The summed E-state index contributed by atoms with van der Waals surface area (Å²) in [5.41, 5.74) is 3.55. The Morgan fingerprint density at radius 2 is 2.25 bits per heavy atom. The van der Waals surface area contributed by atoms with Crippen LogP contribution in [0.4, 0.5) is 0 Å². The number of likely N-dealkylation sites (N-methyl/N-ethyl adjacent to an activating group) is 1. The minimum Gasteiger partial charge on any atom is -0.375 e. The van der Waals surface area contributed by atoms with Crippen molar-refractivity contribution in [3.63, 3.8) is 0 Å². The number of morpholine rings is 1. The summed E-state index contributed by atoms with van der Waals surface area (Å²) in [6, 6.07) is 7.81. The molecule has 1 atom stereocenters. The van der Waals surface area contributed by atoms with Gasteiger partial charge in [-0.25, -0.2) is 0 Å². The number of rotatable bonds is 4. The fraction of sp³-hybridized carbons (Fsp3) is 0.474. The molecule has 0 spiro atoms. The second-order valence-electron chi connectivity index (χ2n) is 6.58. The highest BCUT2D eigenvalue weighted by Crippen LogP contribution is 2.21. The first-order valence-corrected chi connectivity index (χ1v) is 8.50. The zero-order chi connectivity index (χ0) is 17.1. The van der Waals surface area contributed by atoms with Crippen molar-refractivity contribution in [2.45, 2.75) is 26.4 Å². The van der Waals surface area contributed by atoms with Crippen LogP contribution in [0.3, 0.4) is 0 Å². The third-order valence-electron chi connectivity index (χ3n) is 4.51. The average Bonchev–Trinajstić information content (AvgIpc) is 2.55. The molecular weight excluding hydrogens is 302 g/mol. The SMILES string of the molecule is Cc1cc(C(=O)NCCC2CN(C)CCO2)c2cccc(C)c2n1. The van der Waals surface area contributed by atoms with Gasteiger partial charge in [0, 0.05) is 30.7 Å². The van der Waals surface area contributed by atoms with E-state index < -0.39 is 0 Å². The topological polar surface area (TPSA) is 54.5 Å². The molecule has 1 N–H and O–H groups in total. The van der Waals surface area contributed by atoms with E-state index in [1.165, 1.54) is 0 Å². The molecule has 0 aliphatic carbocycles. The molecule has 1 aliphatic rings. The van der Waals surface area contributed by atoms with Gasteiger partial charge in [0.1, 0.15) is 0 Å². The number of aryl methyl sites for hydroxylation is 2. The van der Waals surface area contributed by atoms with Crippen molar-refractivity contribution in [3.8, 4) is 0 Å². The molecule has 0 saturated carbocycles. The van der Waals surface area contributed by atoms with Crippen molar-refractivity contribution in [2.24, 2.45) is 0 Å². The van der Waals surface area contributed by atoms with Crippen LogP contribution >= 0.6 is 0 Å². The van der Waals surface area contributed by atoms with Gasteiger partial charge in [0.15, 0.2) is 0 Å². The van der Waals surface area contributed by atoms with Crippen LogP contribution in [-0.4, -0.2) is 55.2 Å². The summed E-state index contributed by atoms with van der Waals surface area (Å²) in [6.45, 7) is 7.23. The van der Waals surface area contributed by atoms with E-state index in [-0.39, 0.29) is 12.0 Å². The second kappa shape index (κ2) is 7.28. The lowest BCUT2D eigenvalue weighted by Crippen LogP contribution is -2.41. The normalized spacial score (nSPS) is 18.7. The van der Waals surface area contributed by atoms with Crippen molar-refractivity contribution in [1.29, 1.82) is 0 Å². The largest absolute Gasteiger partial charge is 0.375 e. The summed E-state index contributed by atoms with van der Waals surface area (Å²) in [6.07, 6.45) is 1.03. The maximum atomic E-state index is 12.6. The van der Waals surface area contributed by atoms with Crippen molar-refractivity contribution in [1.82, 2.24) is 15.2 Å². The first-order chi connectivity index (χ1) is 11.5. The van der Waals surface area contributed by atoms with Crippen molar-refractivity contribution < 1.29 is 9.53 Å². The maximum Gasteiger partial charge on any atom is 0.252 e. The summed E-state index contributed by atoms with van der Waals surface area (Å²) in [7, 11) is 2.10. The predicted octanol–water partition coefficient (Wildman–Crippen LogP) is 2.30. The summed E-state index contributed by atoms with van der Waals surface area (Å²) >= 11 is 0. The highest BCUT2D eigenvalue weighted by atomic mass is 16.5. The van der Waals surface area contributed by atoms with Crippen molar-refractivity contribution in [3.05, 3.63) is 41.1 Å². The molecule has 2 heterocycles. The lowest BCUT2D eigenvalue weighted by atomic mass is 10.0. The number of hydrogen-bond acceptors (Lipinski definition) is 4. The fourth-order valence-corrected chi connectivity index (χ4v) is 3.19. The van der Waals surface area contributed by atoms with Crippen LogP contribution in [0, 0.1) is 13.8 Å². The number of hydrogen-bond donors (Lipinski definition) is 1. The van der Waals surface area contributed by atoms with Crippen LogP contribution < -0.4 is 5.32 Å². The third kappa shape index (κ3) is 3.74. The van der Waals surface area contributed by atoms with E-state index in [0.717, 1.165) is 48.3 Å². The Labute approximate surface area is 143 Å². The zero-order valence-corrected chi connectivity index (χ0v) is 14.6. The molecule has 1 fully saturated rings. The molecule has 128 valence electrons. The van der Waals surface area contributed by atoms with E-state index in [9.17, 15) is 4.79 Å². The number of para-hydroxylation sites is 1. The molecule has 24 heavy (non-hydrogen) atoms. The second-order valence-corrected chi connectivity index (χ2v) is 6.58. The molecule has 0 bridgehead atoms. The molecule has 1 aromatic carbocycles. The smallest absolute Gasteiger partial charge is 0.252 e. The lowest BCUT2D eigenvalue weighted by molar-refractivity contribution is -0.0225. The Bertz CT molecular complexity index is 745. The number of fused-ring (bicyclic) bond motifs is 1. The molecule has 0 radical (unpaired) electrons. The van der Waals surface area contributed by atoms with Gasteiger partial charge in [0.05, 0.1) is 23.8 Å². The first kappa shape index (κ1) is 16.9. The average molecular weight is 327 g/mol. The molecule has 1 aromatic heterocycles. The molecule has 1 amide bonds. The Hall–Kier alpha value is -1.98. The number of amides is 1. The van der Waals surface area contributed by atoms with Crippen LogP contribution in [0.1, 0.15) is 28.0 Å². The molecule has 1 saturated heterocycles. The van der Waals surface area contributed by atoms with Gasteiger partial charge in [-0.2, -0.15) is 0 Å². The van der Waals surface area contributed by atoms with Gasteiger partial charge in [-0.05, 0) is 38.9 Å². The maximum absolute atomic E-state index is 12.6. The Morgan fingerprint density at radius 3 is 3.04 bits per heavy atom. The number of ether oxygens (including phenoxy) is 1. The first-order valence-electron chi connectivity index (χ1n) is 8.50. The Kier molecular flexibility index (Phi) is 5.11. The van der Waals surface area contributed by atoms with Crippen LogP contribution in [0.25, 0.3) is 10.9 Å². The van der Waals surface area contributed by atoms with Gasteiger partial charge < -0.3 is 15.0 Å². The highest BCUT2D eigenvalue weighted by molar-refractivity contribution is 6.06. The Balaban J connectivity index is 1.69. The van der Waals surface area contributed by atoms with E-state index in [1.54, 1.807) is 0 Å². The van der Waals surface area contributed by atoms with Gasteiger partial charge in [0.25, 0.3) is 5.91 Å². The summed E-state index contributed by atoms with van der Waals surface area (Å²) < 4.78 is 5.74. The number of benzene rings is 1. The minimum atomic E-state index is -0.0414. The van der Waals surface area contributed by atoms with Gasteiger partial charge >= 0.3 is 0 Å². The Morgan fingerprint density at radius 1 is 1.42 bits per heavy atom. The summed E-state index contributed by atoms with van der Waals surface area (Å²) in [4.78, 5) is 19.5. The molecule has 2 aromatic rings. The monoisotopic (exact) mass is 327 g/mol. The summed E-state index contributed by atoms with van der Waals surface area (Å²) in [5.74, 6) is -0.0414. The van der Waals surface area contributed by atoms with Crippen molar-refractivity contribution in [2.75, 3.05) is 33.3 Å². The van der Waals surface area contributed by atoms with E-state index in [1.807, 2.05) is 38.1 Å². The number of carbonyl (C=O) groups is 1. The number of nitrogens with one attached hydrogen (secondary N) is 1. The van der Waals surface area contributed by atoms with Crippen LogP contribution in [0.2, 0.25) is 0 Å². The fourth-order valence-electron chi connectivity index (χ4n) is 3.19. The van der Waals surface area contributed by atoms with E-state index in [0.29, 0.717) is 12.1 Å². The quantitative estimate of drug-likeness (QED) is 0.936. The molecule has 1 unspecified atom stereocenters. The van der Waals surface area contributed by atoms with Gasteiger partial charge in [-0.1, -0.05) is 18.2 Å². The number of nitrogens with zero attached hydrogens (tertiary/aromatic N) is 2. The third-order valence-corrected chi connectivity index (χ3v) is 4.51. The van der Waals surface area contributed by atoms with Gasteiger partial charge in [-0.15, -0.1) is 0 Å². The van der Waals surface area contributed by atoms with Crippen LogP contribution in [0.5, 0.6) is 0 Å². The molecular formula is C19H25N3O2. The van der Waals surface area contributed by atoms with Crippen molar-refractivity contribution >= 4 is 16.8 Å².